The van der Waals surface area contributed by atoms with Crippen LogP contribution in [0.4, 0.5) is 0 Å². The van der Waals surface area contributed by atoms with Crippen molar-refractivity contribution in [2.75, 3.05) is 19.6 Å². The van der Waals surface area contributed by atoms with Crippen LogP contribution in [-0.2, 0) is 6.42 Å². The summed E-state index contributed by atoms with van der Waals surface area (Å²) in [5.74, 6) is 1.45. The highest BCUT2D eigenvalue weighted by atomic mass is 16.2. The number of amides is 1. The molecule has 0 spiro atoms. The number of H-pyrrole nitrogens is 1. The Morgan fingerprint density at radius 2 is 2.05 bits per heavy atom. The van der Waals surface area contributed by atoms with Gasteiger partial charge in [-0.05, 0) is 24.8 Å². The molecule has 1 aromatic heterocycles. The fraction of sp³-hybridized carbons (Fsp3) is 0.412. The molecule has 0 aliphatic heterocycles. The molecular weight excluding hydrogens is 276 g/mol. The molecule has 1 aromatic carbocycles. The molecule has 0 unspecified atom stereocenters. The van der Waals surface area contributed by atoms with Crippen molar-refractivity contribution in [2.45, 2.75) is 25.2 Å². The van der Waals surface area contributed by atoms with Gasteiger partial charge in [-0.1, -0.05) is 30.3 Å². The standard InChI is InChI=1S/C17H22N4O/c18-9-11-21(10-8-13-4-2-1-3-5-13)17(22)15-12-19-16(20-15)14-6-7-14/h1-5,12,14H,6-11,18H2,(H,19,20). The number of hydrogen-bond donors (Lipinski definition) is 2. The van der Waals surface area contributed by atoms with Crippen LogP contribution in [0.1, 0.15) is 40.6 Å². The number of hydrogen-bond acceptors (Lipinski definition) is 3. The first kappa shape index (κ1) is 14.8. The predicted octanol–water partition coefficient (Wildman–Crippen LogP) is 1.93. The molecule has 0 bridgehead atoms. The summed E-state index contributed by atoms with van der Waals surface area (Å²) in [6.07, 6.45) is 4.82. The zero-order valence-corrected chi connectivity index (χ0v) is 12.7. The van der Waals surface area contributed by atoms with Crippen LogP contribution in [0.25, 0.3) is 0 Å². The van der Waals surface area contributed by atoms with Gasteiger partial charge in [0.25, 0.3) is 5.91 Å². The van der Waals surface area contributed by atoms with Gasteiger partial charge < -0.3 is 15.6 Å². The van der Waals surface area contributed by atoms with E-state index in [0.29, 0.717) is 31.2 Å². The van der Waals surface area contributed by atoms with E-state index in [1.807, 2.05) is 18.2 Å². The highest BCUT2D eigenvalue weighted by Gasteiger charge is 2.27. The zero-order chi connectivity index (χ0) is 15.4. The van der Waals surface area contributed by atoms with Gasteiger partial charge >= 0.3 is 0 Å². The van der Waals surface area contributed by atoms with Gasteiger partial charge in [0.05, 0.1) is 6.20 Å². The molecule has 1 aliphatic carbocycles. The molecule has 0 atom stereocenters. The van der Waals surface area contributed by atoms with Gasteiger partial charge in [0.2, 0.25) is 0 Å². The lowest BCUT2D eigenvalue weighted by Crippen LogP contribution is -2.37. The molecule has 2 aromatic rings. The van der Waals surface area contributed by atoms with Crippen LogP contribution in [0.15, 0.2) is 36.5 Å². The van der Waals surface area contributed by atoms with Gasteiger partial charge in [-0.2, -0.15) is 0 Å². The number of aromatic nitrogens is 2. The van der Waals surface area contributed by atoms with E-state index >= 15 is 0 Å². The molecule has 0 radical (unpaired) electrons. The Morgan fingerprint density at radius 1 is 1.27 bits per heavy atom. The Morgan fingerprint density at radius 3 is 2.73 bits per heavy atom. The molecule has 5 nitrogen and oxygen atoms in total. The third-order valence-electron chi connectivity index (χ3n) is 3.99. The average Bonchev–Trinajstić information content (AvgIpc) is 3.29. The highest BCUT2D eigenvalue weighted by molar-refractivity contribution is 5.92. The largest absolute Gasteiger partial charge is 0.338 e. The monoisotopic (exact) mass is 298 g/mol. The Hall–Kier alpha value is -2.14. The third-order valence-corrected chi connectivity index (χ3v) is 3.99. The minimum Gasteiger partial charge on any atom is -0.338 e. The van der Waals surface area contributed by atoms with Gasteiger partial charge in [0.15, 0.2) is 0 Å². The molecule has 5 heteroatoms. The second-order valence-electron chi connectivity index (χ2n) is 5.77. The van der Waals surface area contributed by atoms with Crippen LogP contribution in [0.2, 0.25) is 0 Å². The maximum absolute atomic E-state index is 12.6. The maximum Gasteiger partial charge on any atom is 0.271 e. The van der Waals surface area contributed by atoms with Gasteiger partial charge in [0, 0.05) is 25.6 Å². The first-order valence-corrected chi connectivity index (χ1v) is 7.86. The van der Waals surface area contributed by atoms with E-state index in [-0.39, 0.29) is 5.91 Å². The second kappa shape index (κ2) is 6.75. The van der Waals surface area contributed by atoms with Gasteiger partial charge in [0.1, 0.15) is 11.5 Å². The van der Waals surface area contributed by atoms with Gasteiger partial charge in [-0.3, -0.25) is 4.79 Å². The molecule has 1 aliphatic rings. The van der Waals surface area contributed by atoms with E-state index in [1.165, 1.54) is 18.4 Å². The van der Waals surface area contributed by atoms with E-state index in [1.54, 1.807) is 11.1 Å². The minimum absolute atomic E-state index is 0.0132. The van der Waals surface area contributed by atoms with Crippen LogP contribution in [-0.4, -0.2) is 40.4 Å². The summed E-state index contributed by atoms with van der Waals surface area (Å²) < 4.78 is 0. The summed E-state index contributed by atoms with van der Waals surface area (Å²) in [5.41, 5.74) is 7.45. The SMILES string of the molecule is NCCN(CCc1ccccc1)C(=O)c1cnc(C2CC2)[nH]1. The topological polar surface area (TPSA) is 75.0 Å². The Bertz CT molecular complexity index is 619. The molecule has 116 valence electrons. The van der Waals surface area contributed by atoms with E-state index in [9.17, 15) is 4.79 Å². The van der Waals surface area contributed by atoms with Crippen molar-refractivity contribution < 1.29 is 4.79 Å². The van der Waals surface area contributed by atoms with Crippen LogP contribution in [0.5, 0.6) is 0 Å². The van der Waals surface area contributed by atoms with Crippen molar-refractivity contribution in [3.05, 3.63) is 53.6 Å². The molecule has 22 heavy (non-hydrogen) atoms. The van der Waals surface area contributed by atoms with Crippen LogP contribution >= 0.6 is 0 Å². The Kier molecular flexibility index (Phi) is 4.53. The van der Waals surface area contributed by atoms with Crippen LogP contribution < -0.4 is 5.73 Å². The maximum atomic E-state index is 12.6. The van der Waals surface area contributed by atoms with Crippen LogP contribution in [0, 0.1) is 0 Å². The van der Waals surface area contributed by atoms with Crippen molar-refractivity contribution in [2.24, 2.45) is 5.73 Å². The molecule has 1 amide bonds. The number of imidazole rings is 1. The quantitative estimate of drug-likeness (QED) is 0.820. The van der Waals surface area contributed by atoms with Crippen molar-refractivity contribution >= 4 is 5.91 Å². The summed E-state index contributed by atoms with van der Waals surface area (Å²) in [6.45, 7) is 1.69. The number of rotatable bonds is 7. The second-order valence-corrected chi connectivity index (χ2v) is 5.77. The number of nitrogens with two attached hydrogens (primary N) is 1. The molecule has 0 saturated heterocycles. The van der Waals surface area contributed by atoms with E-state index < -0.39 is 0 Å². The van der Waals surface area contributed by atoms with E-state index in [4.69, 9.17) is 5.73 Å². The summed E-state index contributed by atoms with van der Waals surface area (Å²) in [5, 5.41) is 0. The molecular formula is C17H22N4O. The fourth-order valence-electron chi connectivity index (χ4n) is 2.56. The third kappa shape index (κ3) is 3.54. The molecule has 1 heterocycles. The number of carbonyl (C=O) groups excluding carboxylic acids is 1. The predicted molar refractivity (Wildman–Crippen MR) is 85.7 cm³/mol. The average molecular weight is 298 g/mol. The molecule has 1 saturated carbocycles. The minimum atomic E-state index is -0.0132. The summed E-state index contributed by atoms with van der Waals surface area (Å²) in [7, 11) is 0. The van der Waals surface area contributed by atoms with E-state index in [0.717, 1.165) is 12.2 Å². The summed E-state index contributed by atoms with van der Waals surface area (Å²) in [6, 6.07) is 10.2. The smallest absolute Gasteiger partial charge is 0.271 e. The normalized spacial score (nSPS) is 14.0. The van der Waals surface area contributed by atoms with Crippen molar-refractivity contribution in [3.63, 3.8) is 0 Å². The molecule has 3 N–H and O–H groups in total. The Labute approximate surface area is 130 Å². The van der Waals surface area contributed by atoms with E-state index in [2.05, 4.69) is 22.1 Å². The molecule has 1 fully saturated rings. The summed E-state index contributed by atoms with van der Waals surface area (Å²) in [4.78, 5) is 21.9. The zero-order valence-electron chi connectivity index (χ0n) is 12.7. The first-order valence-electron chi connectivity index (χ1n) is 7.86. The van der Waals surface area contributed by atoms with Gasteiger partial charge in [-0.15, -0.1) is 0 Å². The Balaban J connectivity index is 1.64. The van der Waals surface area contributed by atoms with Crippen molar-refractivity contribution in [1.82, 2.24) is 14.9 Å². The van der Waals surface area contributed by atoms with Crippen molar-refractivity contribution in [3.8, 4) is 0 Å². The number of benzene rings is 1. The summed E-state index contributed by atoms with van der Waals surface area (Å²) >= 11 is 0. The highest BCUT2D eigenvalue weighted by Crippen LogP contribution is 2.38. The van der Waals surface area contributed by atoms with Gasteiger partial charge in [-0.25, -0.2) is 4.98 Å². The lowest BCUT2D eigenvalue weighted by molar-refractivity contribution is 0.0756. The fourth-order valence-corrected chi connectivity index (χ4v) is 2.56. The number of nitrogens with zero attached hydrogens (tertiary/aromatic N) is 2. The first-order chi connectivity index (χ1) is 10.8. The lowest BCUT2D eigenvalue weighted by atomic mass is 10.1. The van der Waals surface area contributed by atoms with Crippen molar-refractivity contribution in [1.29, 1.82) is 0 Å². The number of carbonyl (C=O) groups is 1. The van der Waals surface area contributed by atoms with Crippen LogP contribution in [0.3, 0.4) is 0 Å². The molecule has 3 rings (SSSR count). The lowest BCUT2D eigenvalue weighted by Gasteiger charge is -2.21. The number of nitrogens with one attached hydrogen (secondary N) is 1. The number of aromatic amines is 1.